The van der Waals surface area contributed by atoms with E-state index in [2.05, 4.69) is 10.6 Å². The monoisotopic (exact) mass is 545 g/mol. The number of nitrogens with zero attached hydrogens (tertiary/aromatic N) is 1. The maximum Gasteiger partial charge on any atom is 0.245 e. The lowest BCUT2D eigenvalue weighted by molar-refractivity contribution is -0.138. The highest BCUT2D eigenvalue weighted by Gasteiger charge is 2.30. The fourth-order valence-corrected chi connectivity index (χ4v) is 4.28. The molecule has 0 saturated heterocycles. The summed E-state index contributed by atoms with van der Waals surface area (Å²) in [7, 11) is 0.160. The normalized spacial score (nSPS) is 14.0. The Morgan fingerprint density at radius 2 is 1.50 bits per heavy atom. The molecule has 1 unspecified atom stereocenters. The van der Waals surface area contributed by atoms with Crippen molar-refractivity contribution in [3.8, 4) is 5.75 Å². The average molecular weight is 546 g/mol. The quantitative estimate of drug-likeness (QED) is 0.205. The lowest BCUT2D eigenvalue weighted by Crippen LogP contribution is -2.57. The number of benzene rings is 2. The second-order valence-corrected chi connectivity index (χ2v) is 10.6. The zero-order valence-corrected chi connectivity index (χ0v) is 22.3. The van der Waals surface area contributed by atoms with E-state index < -0.39 is 52.6 Å². The number of nitrogens with one attached hydrogen (secondary N) is 2. The summed E-state index contributed by atoms with van der Waals surface area (Å²) in [6.07, 6.45) is 1.83. The van der Waals surface area contributed by atoms with E-state index in [1.54, 1.807) is 36.4 Å². The van der Waals surface area contributed by atoms with Gasteiger partial charge in [0.25, 0.3) is 0 Å². The van der Waals surface area contributed by atoms with Crippen LogP contribution in [0.1, 0.15) is 17.5 Å². The van der Waals surface area contributed by atoms with Gasteiger partial charge in [-0.3, -0.25) is 23.4 Å². The van der Waals surface area contributed by atoms with Crippen LogP contribution in [0.2, 0.25) is 0 Å². The minimum absolute atomic E-state index is 0.0516. The smallest absolute Gasteiger partial charge is 0.245 e. The molecule has 0 aliphatic rings. The molecule has 0 saturated carbocycles. The molecule has 0 aromatic heterocycles. The van der Waals surface area contributed by atoms with Crippen molar-refractivity contribution >= 4 is 34.4 Å². The lowest BCUT2D eigenvalue weighted by atomic mass is 10.0. The molecule has 2 rings (SSSR count). The first-order chi connectivity index (χ1) is 18.0. The number of rotatable bonds is 14. The van der Waals surface area contributed by atoms with Gasteiger partial charge >= 0.3 is 0 Å². The molecule has 0 radical (unpaired) electrons. The van der Waals surface area contributed by atoms with Crippen LogP contribution < -0.4 is 22.1 Å². The van der Waals surface area contributed by atoms with Crippen LogP contribution >= 0.6 is 0 Å². The number of primary amides is 1. The van der Waals surface area contributed by atoms with Gasteiger partial charge in [-0.2, -0.15) is 0 Å². The summed E-state index contributed by atoms with van der Waals surface area (Å²) in [5.74, 6) is -2.28. The Bertz CT molecular complexity index is 1130. The van der Waals surface area contributed by atoms with Crippen LogP contribution in [-0.2, 0) is 42.8 Å². The summed E-state index contributed by atoms with van der Waals surface area (Å²) in [5.41, 5.74) is 12.8. The molecule has 7 N–H and O–H groups in total. The second kappa shape index (κ2) is 14.8. The van der Waals surface area contributed by atoms with Crippen molar-refractivity contribution in [2.75, 3.05) is 25.6 Å². The Morgan fingerprint density at radius 1 is 0.921 bits per heavy atom. The largest absolute Gasteiger partial charge is 0.508 e. The maximum absolute atomic E-state index is 13.3. The third-order valence-corrected chi connectivity index (χ3v) is 6.53. The first kappa shape index (κ1) is 30.5. The van der Waals surface area contributed by atoms with Gasteiger partial charge in [-0.1, -0.05) is 42.5 Å². The molecule has 0 aliphatic heterocycles. The highest BCUT2D eigenvalue weighted by molar-refractivity contribution is 7.84. The van der Waals surface area contributed by atoms with Gasteiger partial charge in [-0.15, -0.1) is 0 Å². The van der Waals surface area contributed by atoms with Crippen LogP contribution in [0.3, 0.4) is 0 Å². The molecule has 2 aromatic rings. The van der Waals surface area contributed by atoms with E-state index in [4.69, 9.17) is 11.5 Å². The minimum atomic E-state index is -1.24. The summed E-state index contributed by atoms with van der Waals surface area (Å²) < 4.78 is 11.7. The average Bonchev–Trinajstić information content (AvgIpc) is 2.86. The Labute approximate surface area is 224 Å². The van der Waals surface area contributed by atoms with E-state index in [0.29, 0.717) is 5.56 Å². The minimum Gasteiger partial charge on any atom is -0.508 e. The van der Waals surface area contributed by atoms with Crippen LogP contribution in [-0.4, -0.2) is 81.6 Å². The Morgan fingerprint density at radius 3 is 2.08 bits per heavy atom. The van der Waals surface area contributed by atoms with Crippen molar-refractivity contribution in [2.45, 2.75) is 37.4 Å². The number of hydrogen-bond donors (Lipinski definition) is 5. The molecular formula is C26H35N5O6S. The third kappa shape index (κ3) is 10.3. The van der Waals surface area contributed by atoms with Gasteiger partial charge in [-0.25, -0.2) is 0 Å². The number of phenolic OH excluding ortho intramolecular Hbond substituents is 1. The molecule has 4 atom stereocenters. The summed E-state index contributed by atoms with van der Waals surface area (Å²) in [5, 5.41) is 14.7. The van der Waals surface area contributed by atoms with E-state index in [0.717, 1.165) is 10.5 Å². The van der Waals surface area contributed by atoms with Crippen molar-refractivity contribution in [3.05, 3.63) is 65.7 Å². The van der Waals surface area contributed by atoms with Crippen LogP contribution in [0.5, 0.6) is 5.75 Å². The van der Waals surface area contributed by atoms with Gasteiger partial charge in [-0.05, 0) is 36.1 Å². The van der Waals surface area contributed by atoms with E-state index in [-0.39, 0.29) is 37.3 Å². The summed E-state index contributed by atoms with van der Waals surface area (Å²) in [6.45, 7) is -0.332. The predicted octanol–water partition coefficient (Wildman–Crippen LogP) is -0.813. The number of aromatic hydroxyl groups is 1. The predicted molar refractivity (Wildman–Crippen MR) is 144 cm³/mol. The molecule has 0 aliphatic carbocycles. The fourth-order valence-electron chi connectivity index (χ4n) is 3.71. The van der Waals surface area contributed by atoms with Crippen LogP contribution in [0.4, 0.5) is 0 Å². The van der Waals surface area contributed by atoms with Crippen molar-refractivity contribution in [1.82, 2.24) is 15.5 Å². The first-order valence-corrected chi connectivity index (χ1v) is 13.7. The van der Waals surface area contributed by atoms with Crippen molar-refractivity contribution < 1.29 is 28.5 Å². The lowest BCUT2D eigenvalue weighted by Gasteiger charge is -2.27. The molecule has 0 fully saturated rings. The van der Waals surface area contributed by atoms with Crippen molar-refractivity contribution in [1.29, 1.82) is 0 Å². The highest BCUT2D eigenvalue weighted by atomic mass is 32.2. The molecule has 2 aromatic carbocycles. The van der Waals surface area contributed by atoms with E-state index in [1.165, 1.54) is 25.4 Å². The zero-order chi connectivity index (χ0) is 28.2. The number of likely N-dealkylation sites (N-methyl/N-ethyl adjacent to an activating group) is 1. The van der Waals surface area contributed by atoms with Gasteiger partial charge < -0.3 is 32.1 Å². The number of hydrogen-bond acceptors (Lipinski definition) is 7. The van der Waals surface area contributed by atoms with E-state index in [1.807, 2.05) is 6.07 Å². The van der Waals surface area contributed by atoms with E-state index in [9.17, 15) is 28.5 Å². The van der Waals surface area contributed by atoms with E-state index >= 15 is 0 Å². The van der Waals surface area contributed by atoms with Crippen LogP contribution in [0.15, 0.2) is 54.6 Å². The zero-order valence-electron chi connectivity index (χ0n) is 21.5. The number of phenols is 1. The van der Waals surface area contributed by atoms with Gasteiger partial charge in [0.15, 0.2) is 0 Å². The molecule has 4 amide bonds. The summed E-state index contributed by atoms with van der Waals surface area (Å²) in [4.78, 5) is 51.7. The summed E-state index contributed by atoms with van der Waals surface area (Å²) in [6, 6.07) is 12.1. The number of carbonyl (C=O) groups excluding carboxylic acids is 4. The standard InChI is InChI=1S/C26H35N5O6S/c1-31(16-23(28)33)26(36)22(15-17-6-4-3-5-7-17)30-25(35)21(12-13-38(2)37)29-24(34)20(27)14-18-8-10-19(32)11-9-18/h3-11,20-22,32H,12-16,27H2,1-2H3,(H2,28,33)(H,29,34)(H,30,35)/t20-,21-,22-,38?/m0/s1. The van der Waals surface area contributed by atoms with Crippen LogP contribution in [0.25, 0.3) is 0 Å². The molecule has 11 nitrogen and oxygen atoms in total. The van der Waals surface area contributed by atoms with Gasteiger partial charge in [0.1, 0.15) is 17.8 Å². The van der Waals surface area contributed by atoms with Gasteiger partial charge in [0.05, 0.1) is 12.6 Å². The number of amides is 4. The molecular weight excluding hydrogens is 510 g/mol. The molecule has 206 valence electrons. The number of carbonyl (C=O) groups is 4. The molecule has 12 heteroatoms. The number of nitrogens with two attached hydrogens (primary N) is 2. The SMILES string of the molecule is CN(CC(N)=O)C(=O)[C@H](Cc1ccccc1)NC(=O)[C@H](CCS(C)=O)NC(=O)[C@@H](N)Cc1ccc(O)cc1. The molecule has 0 heterocycles. The molecule has 0 spiro atoms. The maximum atomic E-state index is 13.3. The highest BCUT2D eigenvalue weighted by Crippen LogP contribution is 2.11. The molecule has 38 heavy (non-hydrogen) atoms. The van der Waals surface area contributed by atoms with Crippen molar-refractivity contribution in [3.63, 3.8) is 0 Å². The van der Waals surface area contributed by atoms with Crippen LogP contribution in [0, 0.1) is 0 Å². The Kier molecular flexibility index (Phi) is 11.9. The topological polar surface area (TPSA) is 185 Å². The van der Waals surface area contributed by atoms with Gasteiger partial charge in [0, 0.05) is 36.3 Å². The van der Waals surface area contributed by atoms with Crippen molar-refractivity contribution in [2.24, 2.45) is 11.5 Å². The van der Waals surface area contributed by atoms with Gasteiger partial charge in [0.2, 0.25) is 23.6 Å². The first-order valence-electron chi connectivity index (χ1n) is 12.0. The Balaban J connectivity index is 2.19. The fraction of sp³-hybridized carbons (Fsp3) is 0.385. The Hall–Kier alpha value is -3.77. The third-order valence-electron chi connectivity index (χ3n) is 5.72. The summed E-state index contributed by atoms with van der Waals surface area (Å²) >= 11 is 0. The second-order valence-electron chi connectivity index (χ2n) is 9.02. The molecule has 0 bridgehead atoms.